The molecule has 0 atom stereocenters. The molecule has 0 N–H and O–H groups in total. The van der Waals surface area contributed by atoms with E-state index in [0.717, 1.165) is 18.4 Å². The number of hydrogen-bond donors (Lipinski definition) is 0. The van der Waals surface area contributed by atoms with Gasteiger partial charge in [-0.2, -0.15) is 0 Å². The van der Waals surface area contributed by atoms with Crippen LogP contribution in [-0.2, 0) is 16.1 Å². The summed E-state index contributed by atoms with van der Waals surface area (Å²) in [6.07, 6.45) is 2.12. The molecule has 0 aliphatic carbocycles. The van der Waals surface area contributed by atoms with Gasteiger partial charge in [0, 0.05) is 12.3 Å². The predicted octanol–water partition coefficient (Wildman–Crippen LogP) is 3.14. The molecule has 0 saturated heterocycles. The van der Waals surface area contributed by atoms with E-state index in [-0.39, 0.29) is 5.97 Å². The molecule has 82 valence electrons. The zero-order chi connectivity index (χ0) is 10.9. The van der Waals surface area contributed by atoms with Crippen molar-refractivity contribution >= 4 is 17.6 Å². The molecule has 3 heteroatoms. The zero-order valence-corrected chi connectivity index (χ0v) is 9.37. The summed E-state index contributed by atoms with van der Waals surface area (Å²) in [4.78, 5) is 11.2. The van der Waals surface area contributed by atoms with Crippen LogP contribution in [0.25, 0.3) is 0 Å². The van der Waals surface area contributed by atoms with Gasteiger partial charge in [0.05, 0.1) is 0 Å². The SMILES string of the molecule is O=C(CCCCCl)OCc1ccccc1. The van der Waals surface area contributed by atoms with Crippen molar-refractivity contribution in [2.75, 3.05) is 5.88 Å². The third kappa shape index (κ3) is 5.43. The van der Waals surface area contributed by atoms with Crippen molar-refractivity contribution in [3.8, 4) is 0 Å². The molecule has 0 aromatic heterocycles. The number of rotatable bonds is 6. The number of carbonyl (C=O) groups is 1. The van der Waals surface area contributed by atoms with E-state index in [2.05, 4.69) is 0 Å². The zero-order valence-electron chi connectivity index (χ0n) is 8.62. The van der Waals surface area contributed by atoms with Gasteiger partial charge in [0.2, 0.25) is 0 Å². The summed E-state index contributed by atoms with van der Waals surface area (Å²) in [5.41, 5.74) is 1.02. The quantitative estimate of drug-likeness (QED) is 0.423. The highest BCUT2D eigenvalue weighted by Crippen LogP contribution is 2.04. The van der Waals surface area contributed by atoms with Gasteiger partial charge in [0.15, 0.2) is 0 Å². The van der Waals surface area contributed by atoms with Crippen LogP contribution in [0.4, 0.5) is 0 Å². The molecule has 0 aliphatic heterocycles. The molecule has 0 bridgehead atoms. The van der Waals surface area contributed by atoms with Gasteiger partial charge in [-0.3, -0.25) is 4.79 Å². The summed E-state index contributed by atoms with van der Waals surface area (Å²) in [5, 5.41) is 0. The molecule has 1 aromatic carbocycles. The maximum absolute atomic E-state index is 11.2. The van der Waals surface area contributed by atoms with E-state index in [1.54, 1.807) is 0 Å². The molecule has 0 aliphatic rings. The van der Waals surface area contributed by atoms with Crippen LogP contribution in [0.5, 0.6) is 0 Å². The van der Waals surface area contributed by atoms with Crippen molar-refractivity contribution in [1.29, 1.82) is 0 Å². The van der Waals surface area contributed by atoms with Crippen molar-refractivity contribution < 1.29 is 9.53 Å². The van der Waals surface area contributed by atoms with E-state index >= 15 is 0 Å². The maximum Gasteiger partial charge on any atom is 0.306 e. The molecule has 0 heterocycles. The molecule has 0 saturated carbocycles. The molecule has 1 aromatic rings. The Morgan fingerprint density at radius 2 is 1.93 bits per heavy atom. The van der Waals surface area contributed by atoms with Gasteiger partial charge in [0.1, 0.15) is 6.61 Å². The van der Waals surface area contributed by atoms with Crippen LogP contribution >= 0.6 is 11.6 Å². The van der Waals surface area contributed by atoms with Crippen LogP contribution in [0.3, 0.4) is 0 Å². The monoisotopic (exact) mass is 226 g/mol. The number of carbonyl (C=O) groups excluding carboxylic acids is 1. The summed E-state index contributed by atoms with van der Waals surface area (Å²) < 4.78 is 5.09. The molecular formula is C12H15ClO2. The largest absolute Gasteiger partial charge is 0.461 e. The van der Waals surface area contributed by atoms with E-state index in [4.69, 9.17) is 16.3 Å². The lowest BCUT2D eigenvalue weighted by atomic mass is 10.2. The molecule has 2 nitrogen and oxygen atoms in total. The van der Waals surface area contributed by atoms with Crippen LogP contribution in [0.2, 0.25) is 0 Å². The van der Waals surface area contributed by atoms with Crippen molar-refractivity contribution in [2.24, 2.45) is 0 Å². The van der Waals surface area contributed by atoms with Gasteiger partial charge in [0.25, 0.3) is 0 Å². The molecule has 0 fully saturated rings. The van der Waals surface area contributed by atoms with E-state index in [9.17, 15) is 4.79 Å². The highest BCUT2D eigenvalue weighted by Gasteiger charge is 2.02. The summed E-state index contributed by atoms with van der Waals surface area (Å²) in [6.45, 7) is 0.362. The number of benzene rings is 1. The molecule has 15 heavy (non-hydrogen) atoms. The average molecular weight is 227 g/mol. The van der Waals surface area contributed by atoms with Crippen LogP contribution in [0, 0.1) is 0 Å². The van der Waals surface area contributed by atoms with Crippen molar-refractivity contribution in [3.05, 3.63) is 35.9 Å². The minimum atomic E-state index is -0.149. The number of alkyl halides is 1. The van der Waals surface area contributed by atoms with Crippen LogP contribution < -0.4 is 0 Å². The lowest BCUT2D eigenvalue weighted by molar-refractivity contribution is -0.145. The normalized spacial score (nSPS) is 9.93. The molecule has 0 radical (unpaired) electrons. The number of esters is 1. The van der Waals surface area contributed by atoms with Crippen molar-refractivity contribution in [1.82, 2.24) is 0 Å². The van der Waals surface area contributed by atoms with E-state index in [1.165, 1.54) is 0 Å². The topological polar surface area (TPSA) is 26.3 Å². The first kappa shape index (κ1) is 12.1. The van der Waals surface area contributed by atoms with Gasteiger partial charge in [-0.1, -0.05) is 30.3 Å². The van der Waals surface area contributed by atoms with Crippen LogP contribution in [0.15, 0.2) is 30.3 Å². The minimum absolute atomic E-state index is 0.149. The smallest absolute Gasteiger partial charge is 0.306 e. The number of hydrogen-bond acceptors (Lipinski definition) is 2. The van der Waals surface area contributed by atoms with Crippen LogP contribution in [0.1, 0.15) is 24.8 Å². The summed E-state index contributed by atoms with van der Waals surface area (Å²) >= 11 is 5.51. The lowest BCUT2D eigenvalue weighted by Gasteiger charge is -2.04. The van der Waals surface area contributed by atoms with Crippen molar-refractivity contribution in [2.45, 2.75) is 25.9 Å². The summed E-state index contributed by atoms with van der Waals surface area (Å²) in [7, 11) is 0. The Labute approximate surface area is 95.2 Å². The fraction of sp³-hybridized carbons (Fsp3) is 0.417. The Morgan fingerprint density at radius 3 is 2.60 bits per heavy atom. The van der Waals surface area contributed by atoms with Gasteiger partial charge in [-0.15, -0.1) is 11.6 Å². The Balaban J connectivity index is 2.17. The van der Waals surface area contributed by atoms with Crippen molar-refractivity contribution in [3.63, 3.8) is 0 Å². The third-order valence-electron chi connectivity index (χ3n) is 2.01. The Hall–Kier alpha value is -1.02. The Kier molecular flexibility index (Phi) is 5.86. The van der Waals surface area contributed by atoms with E-state index in [1.807, 2.05) is 30.3 Å². The van der Waals surface area contributed by atoms with E-state index in [0.29, 0.717) is 18.9 Å². The molecule has 0 amide bonds. The number of halogens is 1. The summed E-state index contributed by atoms with van der Waals surface area (Å²) in [5.74, 6) is 0.454. The standard InChI is InChI=1S/C12H15ClO2/c13-9-5-4-8-12(14)15-10-11-6-2-1-3-7-11/h1-3,6-7H,4-5,8-10H2. The second-order valence-electron chi connectivity index (χ2n) is 3.29. The highest BCUT2D eigenvalue weighted by atomic mass is 35.5. The predicted molar refractivity (Wildman–Crippen MR) is 60.8 cm³/mol. The summed E-state index contributed by atoms with van der Waals surface area (Å²) in [6, 6.07) is 9.66. The highest BCUT2D eigenvalue weighted by molar-refractivity contribution is 6.17. The van der Waals surface area contributed by atoms with Gasteiger partial charge in [-0.05, 0) is 18.4 Å². The second-order valence-corrected chi connectivity index (χ2v) is 3.67. The fourth-order valence-electron chi connectivity index (χ4n) is 1.17. The van der Waals surface area contributed by atoms with Gasteiger partial charge >= 0.3 is 5.97 Å². The minimum Gasteiger partial charge on any atom is -0.461 e. The number of unbranched alkanes of at least 4 members (excludes halogenated alkanes) is 1. The van der Waals surface area contributed by atoms with E-state index < -0.39 is 0 Å². The molecular weight excluding hydrogens is 212 g/mol. The second kappa shape index (κ2) is 7.30. The lowest BCUT2D eigenvalue weighted by Crippen LogP contribution is -2.04. The Morgan fingerprint density at radius 1 is 1.20 bits per heavy atom. The van der Waals surface area contributed by atoms with Gasteiger partial charge in [-0.25, -0.2) is 0 Å². The van der Waals surface area contributed by atoms with Crippen LogP contribution in [-0.4, -0.2) is 11.8 Å². The molecule has 0 unspecified atom stereocenters. The first-order valence-electron chi connectivity index (χ1n) is 5.08. The fourth-order valence-corrected chi connectivity index (χ4v) is 1.36. The van der Waals surface area contributed by atoms with Gasteiger partial charge < -0.3 is 4.74 Å². The molecule has 0 spiro atoms. The average Bonchev–Trinajstić information content (AvgIpc) is 2.28. The first-order valence-corrected chi connectivity index (χ1v) is 5.62. The third-order valence-corrected chi connectivity index (χ3v) is 2.27. The Bertz CT molecular complexity index is 285. The first-order chi connectivity index (χ1) is 7.33. The molecule has 1 rings (SSSR count). The number of ether oxygens (including phenoxy) is 1. The maximum atomic E-state index is 11.2.